The summed E-state index contributed by atoms with van der Waals surface area (Å²) >= 11 is 2.01. The summed E-state index contributed by atoms with van der Waals surface area (Å²) in [7, 11) is 0. The van der Waals surface area contributed by atoms with Gasteiger partial charge in [-0.15, -0.1) is 10.2 Å². The Morgan fingerprint density at radius 2 is 1.79 bits per heavy atom. The largest absolute Gasteiger partial charge is 0.412 e. The molecule has 4 heteroatoms. The average molecular weight is 300 g/mol. The molecule has 0 aliphatic carbocycles. The molecule has 1 heterocycles. The number of aromatic nitrogens is 2. The lowest BCUT2D eigenvalue weighted by atomic mass is 10.0. The number of rotatable bonds is 1. The smallest absolute Gasteiger partial charge is 0.278 e. The van der Waals surface area contributed by atoms with E-state index >= 15 is 0 Å². The van der Waals surface area contributed by atoms with E-state index in [2.05, 4.69) is 10.2 Å². The molecule has 0 atom stereocenters. The third kappa shape index (κ3) is 1.66. The van der Waals surface area contributed by atoms with Gasteiger partial charge >= 0.3 is 0 Å². The molecular formula is C10H9IN2O. The fourth-order valence-corrected chi connectivity index (χ4v) is 1.77. The van der Waals surface area contributed by atoms with Gasteiger partial charge in [-0.2, -0.15) is 0 Å². The standard InChI is InChI=1S/C10H9IN2O/c1-6-4-3-5-7(2)8(6)9-12-13-10(11)14-9/h3-5H,1-2H3. The van der Waals surface area contributed by atoms with Gasteiger partial charge in [0.25, 0.3) is 3.90 Å². The zero-order chi connectivity index (χ0) is 10.1. The summed E-state index contributed by atoms with van der Waals surface area (Å²) in [6.45, 7) is 4.08. The predicted molar refractivity (Wildman–Crippen MR) is 61.9 cm³/mol. The number of benzene rings is 1. The molecule has 0 unspecified atom stereocenters. The lowest BCUT2D eigenvalue weighted by molar-refractivity contribution is 0.536. The van der Waals surface area contributed by atoms with Crippen LogP contribution in [0.4, 0.5) is 0 Å². The van der Waals surface area contributed by atoms with Crippen molar-refractivity contribution in [2.75, 3.05) is 0 Å². The van der Waals surface area contributed by atoms with Gasteiger partial charge in [0, 0.05) is 28.2 Å². The summed E-state index contributed by atoms with van der Waals surface area (Å²) in [6.07, 6.45) is 0. The SMILES string of the molecule is Cc1cccc(C)c1-c1nnc(I)o1. The second-order valence-corrected chi connectivity index (χ2v) is 4.05. The molecular weight excluding hydrogens is 291 g/mol. The number of hydrogen-bond acceptors (Lipinski definition) is 3. The van der Waals surface area contributed by atoms with E-state index in [9.17, 15) is 0 Å². The van der Waals surface area contributed by atoms with Crippen molar-refractivity contribution in [1.29, 1.82) is 0 Å². The van der Waals surface area contributed by atoms with Crippen molar-refractivity contribution >= 4 is 22.6 Å². The van der Waals surface area contributed by atoms with Gasteiger partial charge in [-0.3, -0.25) is 0 Å². The lowest BCUT2D eigenvalue weighted by Gasteiger charge is -2.03. The van der Waals surface area contributed by atoms with Crippen molar-refractivity contribution in [2.24, 2.45) is 0 Å². The van der Waals surface area contributed by atoms with Crippen LogP contribution in [0.25, 0.3) is 11.5 Å². The van der Waals surface area contributed by atoms with E-state index in [1.807, 2.05) is 54.6 Å². The third-order valence-electron chi connectivity index (χ3n) is 2.10. The molecule has 0 saturated heterocycles. The maximum absolute atomic E-state index is 5.40. The van der Waals surface area contributed by atoms with Crippen LogP contribution in [-0.4, -0.2) is 10.2 Å². The second kappa shape index (κ2) is 3.68. The first-order valence-electron chi connectivity index (χ1n) is 4.24. The highest BCUT2D eigenvalue weighted by atomic mass is 127. The number of hydrogen-bond donors (Lipinski definition) is 0. The Balaban J connectivity index is 2.61. The Morgan fingerprint density at radius 1 is 1.14 bits per heavy atom. The van der Waals surface area contributed by atoms with Crippen LogP contribution in [0.1, 0.15) is 11.1 Å². The van der Waals surface area contributed by atoms with Crippen LogP contribution in [0.3, 0.4) is 0 Å². The van der Waals surface area contributed by atoms with Gasteiger partial charge in [0.2, 0.25) is 5.89 Å². The van der Waals surface area contributed by atoms with E-state index < -0.39 is 0 Å². The molecule has 72 valence electrons. The molecule has 0 aliphatic rings. The maximum atomic E-state index is 5.40. The third-order valence-corrected chi connectivity index (χ3v) is 2.53. The first kappa shape index (κ1) is 9.64. The van der Waals surface area contributed by atoms with Gasteiger partial charge in [-0.1, -0.05) is 18.2 Å². The Kier molecular flexibility index (Phi) is 2.54. The highest BCUT2D eigenvalue weighted by Crippen LogP contribution is 2.25. The molecule has 3 nitrogen and oxygen atoms in total. The van der Waals surface area contributed by atoms with Gasteiger partial charge < -0.3 is 4.42 Å². The van der Waals surface area contributed by atoms with E-state index in [1.54, 1.807) is 0 Å². The predicted octanol–water partition coefficient (Wildman–Crippen LogP) is 2.96. The van der Waals surface area contributed by atoms with Gasteiger partial charge in [-0.25, -0.2) is 0 Å². The van der Waals surface area contributed by atoms with E-state index in [0.717, 1.165) is 16.7 Å². The Labute approximate surface area is 95.7 Å². The van der Waals surface area contributed by atoms with Crippen LogP contribution in [0.5, 0.6) is 0 Å². The summed E-state index contributed by atoms with van der Waals surface area (Å²) in [6, 6.07) is 6.11. The van der Waals surface area contributed by atoms with Crippen molar-refractivity contribution in [3.05, 3.63) is 33.2 Å². The van der Waals surface area contributed by atoms with Gasteiger partial charge in [0.05, 0.1) is 0 Å². The average Bonchev–Trinajstić information content (AvgIpc) is 2.51. The Hall–Kier alpha value is -0.910. The molecule has 0 spiro atoms. The Bertz CT molecular complexity index is 445. The summed E-state index contributed by atoms with van der Waals surface area (Å²) in [5.74, 6) is 0.602. The zero-order valence-corrected chi connectivity index (χ0v) is 10.1. The summed E-state index contributed by atoms with van der Waals surface area (Å²) in [5.41, 5.74) is 3.36. The molecule has 0 bridgehead atoms. The van der Waals surface area contributed by atoms with Crippen molar-refractivity contribution in [2.45, 2.75) is 13.8 Å². The van der Waals surface area contributed by atoms with Crippen molar-refractivity contribution in [3.63, 3.8) is 0 Å². The molecule has 0 fully saturated rings. The van der Waals surface area contributed by atoms with Gasteiger partial charge in [0.1, 0.15) is 0 Å². The number of halogens is 1. The van der Waals surface area contributed by atoms with Crippen LogP contribution in [0.15, 0.2) is 22.6 Å². The fourth-order valence-electron chi connectivity index (χ4n) is 1.46. The van der Waals surface area contributed by atoms with Gasteiger partial charge in [0.15, 0.2) is 0 Å². The summed E-state index contributed by atoms with van der Waals surface area (Å²) in [5, 5.41) is 7.83. The lowest BCUT2D eigenvalue weighted by Crippen LogP contribution is -1.87. The second-order valence-electron chi connectivity index (χ2n) is 3.13. The molecule has 0 N–H and O–H groups in total. The molecule has 0 saturated carbocycles. The molecule has 2 aromatic rings. The van der Waals surface area contributed by atoms with Gasteiger partial charge in [-0.05, 0) is 25.0 Å². The molecule has 1 aromatic heterocycles. The summed E-state index contributed by atoms with van der Waals surface area (Å²) in [4.78, 5) is 0. The van der Waals surface area contributed by atoms with E-state index in [-0.39, 0.29) is 0 Å². The topological polar surface area (TPSA) is 38.9 Å². The molecule has 0 radical (unpaired) electrons. The fraction of sp³-hybridized carbons (Fsp3) is 0.200. The normalized spacial score (nSPS) is 10.5. The van der Waals surface area contributed by atoms with E-state index in [0.29, 0.717) is 9.79 Å². The number of aryl methyl sites for hydroxylation is 2. The molecule has 2 rings (SSSR count). The minimum absolute atomic E-state index is 0.570. The highest BCUT2D eigenvalue weighted by Gasteiger charge is 2.11. The van der Waals surface area contributed by atoms with E-state index in [4.69, 9.17) is 4.42 Å². The first-order valence-corrected chi connectivity index (χ1v) is 5.32. The highest BCUT2D eigenvalue weighted by molar-refractivity contribution is 14.1. The van der Waals surface area contributed by atoms with Crippen LogP contribution in [0.2, 0.25) is 0 Å². The molecule has 14 heavy (non-hydrogen) atoms. The van der Waals surface area contributed by atoms with Crippen LogP contribution >= 0.6 is 22.6 Å². The molecule has 1 aromatic carbocycles. The minimum atomic E-state index is 0.570. The summed E-state index contributed by atoms with van der Waals surface area (Å²) < 4.78 is 5.97. The maximum Gasteiger partial charge on any atom is 0.278 e. The quantitative estimate of drug-likeness (QED) is 0.760. The molecule has 0 aliphatic heterocycles. The van der Waals surface area contributed by atoms with E-state index in [1.165, 1.54) is 0 Å². The van der Waals surface area contributed by atoms with Crippen molar-refractivity contribution < 1.29 is 4.42 Å². The first-order chi connectivity index (χ1) is 6.68. The van der Waals surface area contributed by atoms with Crippen molar-refractivity contribution in [3.8, 4) is 11.5 Å². The number of nitrogens with zero attached hydrogens (tertiary/aromatic N) is 2. The van der Waals surface area contributed by atoms with Crippen LogP contribution in [0, 0.1) is 17.7 Å². The zero-order valence-electron chi connectivity index (χ0n) is 7.91. The monoisotopic (exact) mass is 300 g/mol. The van der Waals surface area contributed by atoms with Crippen LogP contribution in [-0.2, 0) is 0 Å². The Morgan fingerprint density at radius 3 is 2.29 bits per heavy atom. The molecule has 0 amide bonds. The van der Waals surface area contributed by atoms with Crippen LogP contribution < -0.4 is 0 Å². The van der Waals surface area contributed by atoms with Crippen molar-refractivity contribution in [1.82, 2.24) is 10.2 Å². The minimum Gasteiger partial charge on any atom is -0.412 e.